The molecule has 0 atom stereocenters. The van der Waals surface area contributed by atoms with Gasteiger partial charge in [-0.2, -0.15) is 4.98 Å². The SMILES string of the molecule is Cc1noc(CNCc2ccc3cc[nH]c3c2)n1. The Morgan fingerprint density at radius 3 is 3.06 bits per heavy atom. The largest absolute Gasteiger partial charge is 0.361 e. The monoisotopic (exact) mass is 242 g/mol. The average Bonchev–Trinajstić information content (AvgIpc) is 2.97. The first kappa shape index (κ1) is 11.0. The molecule has 5 nitrogen and oxygen atoms in total. The van der Waals surface area contributed by atoms with E-state index in [4.69, 9.17) is 4.52 Å². The van der Waals surface area contributed by atoms with E-state index in [0.29, 0.717) is 18.3 Å². The zero-order valence-electron chi connectivity index (χ0n) is 10.1. The molecule has 3 rings (SSSR count). The zero-order chi connectivity index (χ0) is 12.4. The minimum absolute atomic E-state index is 0.587. The summed E-state index contributed by atoms with van der Waals surface area (Å²) in [5.74, 6) is 1.29. The van der Waals surface area contributed by atoms with Gasteiger partial charge < -0.3 is 14.8 Å². The summed E-state index contributed by atoms with van der Waals surface area (Å²) < 4.78 is 5.03. The molecule has 18 heavy (non-hydrogen) atoms. The van der Waals surface area contributed by atoms with Crippen molar-refractivity contribution in [2.45, 2.75) is 20.0 Å². The summed E-state index contributed by atoms with van der Waals surface area (Å²) in [6.07, 6.45) is 1.95. The molecule has 2 N–H and O–H groups in total. The van der Waals surface area contributed by atoms with Crippen molar-refractivity contribution in [3.8, 4) is 0 Å². The summed E-state index contributed by atoms with van der Waals surface area (Å²) in [6, 6.07) is 8.43. The molecule has 0 spiro atoms. The Hall–Kier alpha value is -2.14. The van der Waals surface area contributed by atoms with Gasteiger partial charge in [-0.3, -0.25) is 0 Å². The third kappa shape index (κ3) is 2.26. The molecular formula is C13H14N4O. The van der Waals surface area contributed by atoms with Crippen molar-refractivity contribution in [1.29, 1.82) is 0 Å². The van der Waals surface area contributed by atoms with Gasteiger partial charge in [-0.1, -0.05) is 17.3 Å². The van der Waals surface area contributed by atoms with Crippen molar-refractivity contribution in [1.82, 2.24) is 20.4 Å². The van der Waals surface area contributed by atoms with Crippen LogP contribution in [0.5, 0.6) is 0 Å². The summed E-state index contributed by atoms with van der Waals surface area (Å²) in [5, 5.41) is 8.25. The highest BCUT2D eigenvalue weighted by Gasteiger charge is 2.02. The summed E-state index contributed by atoms with van der Waals surface area (Å²) in [7, 11) is 0. The van der Waals surface area contributed by atoms with Crippen LogP contribution in [0.3, 0.4) is 0 Å². The van der Waals surface area contributed by atoms with Crippen molar-refractivity contribution in [2.24, 2.45) is 0 Å². The fourth-order valence-electron chi connectivity index (χ4n) is 1.93. The van der Waals surface area contributed by atoms with E-state index in [1.54, 1.807) is 0 Å². The highest BCUT2D eigenvalue weighted by molar-refractivity contribution is 5.79. The lowest BCUT2D eigenvalue weighted by molar-refractivity contribution is 0.364. The molecule has 0 fully saturated rings. The van der Waals surface area contributed by atoms with E-state index in [1.165, 1.54) is 10.9 Å². The maximum atomic E-state index is 5.03. The molecule has 0 aliphatic heterocycles. The van der Waals surface area contributed by atoms with Gasteiger partial charge in [0.1, 0.15) is 0 Å². The van der Waals surface area contributed by atoms with Gasteiger partial charge in [-0.15, -0.1) is 0 Å². The molecular weight excluding hydrogens is 228 g/mol. The van der Waals surface area contributed by atoms with Crippen LogP contribution in [0.4, 0.5) is 0 Å². The van der Waals surface area contributed by atoms with Crippen LogP contribution in [-0.2, 0) is 13.1 Å². The van der Waals surface area contributed by atoms with Crippen LogP contribution in [0, 0.1) is 6.92 Å². The second-order valence-corrected chi connectivity index (χ2v) is 4.24. The maximum Gasteiger partial charge on any atom is 0.240 e. The highest BCUT2D eigenvalue weighted by atomic mass is 16.5. The minimum Gasteiger partial charge on any atom is -0.361 e. The molecule has 0 saturated heterocycles. The van der Waals surface area contributed by atoms with E-state index >= 15 is 0 Å². The number of fused-ring (bicyclic) bond motifs is 1. The molecule has 0 saturated carbocycles. The summed E-state index contributed by atoms with van der Waals surface area (Å²) in [5.41, 5.74) is 2.38. The van der Waals surface area contributed by atoms with E-state index in [9.17, 15) is 0 Å². The standard InChI is InChI=1S/C13H14N4O/c1-9-16-13(18-17-9)8-14-7-10-2-3-11-4-5-15-12(11)6-10/h2-6,14-15H,7-8H2,1H3. The summed E-state index contributed by atoms with van der Waals surface area (Å²) in [4.78, 5) is 7.34. The number of benzene rings is 1. The number of nitrogens with one attached hydrogen (secondary N) is 2. The molecule has 3 aromatic rings. The number of nitrogens with zero attached hydrogens (tertiary/aromatic N) is 2. The predicted octanol–water partition coefficient (Wildman–Crippen LogP) is 2.15. The van der Waals surface area contributed by atoms with Gasteiger partial charge >= 0.3 is 0 Å². The van der Waals surface area contributed by atoms with E-state index in [1.807, 2.05) is 13.1 Å². The van der Waals surface area contributed by atoms with Gasteiger partial charge in [0, 0.05) is 18.3 Å². The van der Waals surface area contributed by atoms with Crippen molar-refractivity contribution in [3.63, 3.8) is 0 Å². The maximum absolute atomic E-state index is 5.03. The van der Waals surface area contributed by atoms with Crippen LogP contribution in [0.25, 0.3) is 10.9 Å². The first-order valence-corrected chi connectivity index (χ1v) is 5.87. The third-order valence-electron chi connectivity index (χ3n) is 2.79. The fraction of sp³-hybridized carbons (Fsp3) is 0.231. The average molecular weight is 242 g/mol. The van der Waals surface area contributed by atoms with Crippen molar-refractivity contribution in [2.75, 3.05) is 0 Å². The molecule has 2 aromatic heterocycles. The third-order valence-corrected chi connectivity index (χ3v) is 2.79. The van der Waals surface area contributed by atoms with Crippen LogP contribution < -0.4 is 5.32 Å². The number of H-pyrrole nitrogens is 1. The Morgan fingerprint density at radius 1 is 1.28 bits per heavy atom. The van der Waals surface area contributed by atoms with Gasteiger partial charge in [0.05, 0.1) is 6.54 Å². The molecule has 1 aromatic carbocycles. The molecule has 2 heterocycles. The zero-order valence-corrected chi connectivity index (χ0v) is 10.1. The van der Waals surface area contributed by atoms with Crippen molar-refractivity contribution in [3.05, 3.63) is 47.7 Å². The van der Waals surface area contributed by atoms with Gasteiger partial charge in [0.25, 0.3) is 0 Å². The van der Waals surface area contributed by atoms with E-state index in [0.717, 1.165) is 12.1 Å². The number of rotatable bonds is 4. The smallest absolute Gasteiger partial charge is 0.240 e. The lowest BCUT2D eigenvalue weighted by atomic mass is 10.1. The van der Waals surface area contributed by atoms with Crippen molar-refractivity contribution < 1.29 is 4.52 Å². The lowest BCUT2D eigenvalue weighted by Gasteiger charge is -2.02. The molecule has 0 amide bonds. The molecule has 0 radical (unpaired) electrons. The molecule has 0 unspecified atom stereocenters. The van der Waals surface area contributed by atoms with E-state index in [2.05, 4.69) is 44.7 Å². The Kier molecular flexibility index (Phi) is 2.82. The second-order valence-electron chi connectivity index (χ2n) is 4.24. The number of hydrogen-bond donors (Lipinski definition) is 2. The molecule has 0 aliphatic carbocycles. The highest BCUT2D eigenvalue weighted by Crippen LogP contribution is 2.13. The molecule has 92 valence electrons. The second kappa shape index (κ2) is 4.62. The topological polar surface area (TPSA) is 66.7 Å². The fourth-order valence-corrected chi connectivity index (χ4v) is 1.93. The Bertz CT molecular complexity index is 656. The molecule has 0 aliphatic rings. The van der Waals surface area contributed by atoms with Gasteiger partial charge in [0.2, 0.25) is 5.89 Å². The van der Waals surface area contributed by atoms with Crippen LogP contribution >= 0.6 is 0 Å². The minimum atomic E-state index is 0.587. The molecule has 5 heteroatoms. The number of hydrogen-bond acceptors (Lipinski definition) is 4. The number of aromatic amines is 1. The normalized spacial score (nSPS) is 11.2. The van der Waals surface area contributed by atoms with Crippen LogP contribution in [0.15, 0.2) is 35.0 Å². The first-order chi connectivity index (χ1) is 8.81. The van der Waals surface area contributed by atoms with Gasteiger partial charge in [-0.05, 0) is 30.0 Å². The Morgan fingerprint density at radius 2 is 2.22 bits per heavy atom. The van der Waals surface area contributed by atoms with E-state index < -0.39 is 0 Å². The van der Waals surface area contributed by atoms with Crippen LogP contribution in [0.2, 0.25) is 0 Å². The number of aromatic nitrogens is 3. The summed E-state index contributed by atoms with van der Waals surface area (Å²) >= 11 is 0. The van der Waals surface area contributed by atoms with Gasteiger partial charge in [-0.25, -0.2) is 0 Å². The summed E-state index contributed by atoms with van der Waals surface area (Å²) in [6.45, 7) is 3.17. The van der Waals surface area contributed by atoms with Crippen LogP contribution in [-0.4, -0.2) is 15.1 Å². The van der Waals surface area contributed by atoms with Gasteiger partial charge in [0.15, 0.2) is 5.82 Å². The van der Waals surface area contributed by atoms with E-state index in [-0.39, 0.29) is 0 Å². The predicted molar refractivity (Wildman–Crippen MR) is 67.9 cm³/mol. The quantitative estimate of drug-likeness (QED) is 0.735. The lowest BCUT2D eigenvalue weighted by Crippen LogP contribution is -2.12. The Labute approximate surface area is 104 Å². The van der Waals surface area contributed by atoms with Crippen molar-refractivity contribution >= 4 is 10.9 Å². The molecule has 0 bridgehead atoms. The Balaban J connectivity index is 1.62. The van der Waals surface area contributed by atoms with Crippen LogP contribution in [0.1, 0.15) is 17.3 Å². The number of aryl methyl sites for hydroxylation is 1. The first-order valence-electron chi connectivity index (χ1n) is 5.87.